The quantitative estimate of drug-likeness (QED) is 0.653. The molecule has 0 spiro atoms. The summed E-state index contributed by atoms with van der Waals surface area (Å²) in [5.74, 6) is 0. The van der Waals surface area contributed by atoms with Crippen LogP contribution in [0.4, 0.5) is 0 Å². The Kier molecular flexibility index (Phi) is 6.70. The normalized spacial score (nSPS) is 21.0. The lowest BCUT2D eigenvalue weighted by Gasteiger charge is -2.26. The van der Waals surface area contributed by atoms with E-state index in [4.69, 9.17) is 0 Å². The minimum Gasteiger partial charge on any atom is -0.317 e. The zero-order chi connectivity index (χ0) is 18.3. The predicted molar refractivity (Wildman–Crippen MR) is 124 cm³/mol. The van der Waals surface area contributed by atoms with Gasteiger partial charge in [0.1, 0.15) is 0 Å². The van der Waals surface area contributed by atoms with Gasteiger partial charge in [0.25, 0.3) is 0 Å². The first-order valence-corrected chi connectivity index (χ1v) is 12.9. The number of hydrogen-bond acceptors (Lipinski definition) is 1. The van der Waals surface area contributed by atoms with Gasteiger partial charge < -0.3 is 5.32 Å². The summed E-state index contributed by atoms with van der Waals surface area (Å²) in [6, 6.07) is 31.7. The van der Waals surface area contributed by atoms with Crippen molar-refractivity contribution >= 4 is 37.1 Å². The highest BCUT2D eigenvalue weighted by Gasteiger charge is 2.23. The molecule has 3 aromatic carbocycles. The second-order valence-electron chi connectivity index (χ2n) is 6.92. The van der Waals surface area contributed by atoms with Crippen LogP contribution in [-0.2, 0) is 0 Å². The van der Waals surface area contributed by atoms with Crippen LogP contribution in [0.3, 0.4) is 0 Å². The van der Waals surface area contributed by atoms with Gasteiger partial charge in [-0.05, 0) is 75.3 Å². The molecule has 2 atom stereocenters. The summed E-state index contributed by atoms with van der Waals surface area (Å²) in [4.78, 5) is 0. The van der Waals surface area contributed by atoms with E-state index >= 15 is 0 Å². The first-order valence-electron chi connectivity index (χ1n) is 9.88. The van der Waals surface area contributed by atoms with Crippen LogP contribution >= 0.6 is 15.8 Å². The van der Waals surface area contributed by atoms with E-state index in [-0.39, 0.29) is 15.8 Å². The molecule has 0 aromatic heterocycles. The maximum atomic E-state index is 3.67. The van der Waals surface area contributed by atoms with E-state index in [0.717, 1.165) is 13.1 Å². The monoisotopic (exact) mass is 391 g/mol. The SMILES string of the molecule is c1ccc(P2CCCNCCCP(c3ccccc3)c3ccccc32)cc1. The Balaban J connectivity index is 1.81. The fourth-order valence-electron chi connectivity index (χ4n) is 3.76. The van der Waals surface area contributed by atoms with E-state index in [2.05, 4.69) is 90.2 Å². The number of hydrogen-bond donors (Lipinski definition) is 1. The van der Waals surface area contributed by atoms with E-state index in [0.29, 0.717) is 0 Å². The zero-order valence-corrected chi connectivity index (χ0v) is 17.5. The lowest BCUT2D eigenvalue weighted by Crippen LogP contribution is -2.30. The lowest BCUT2D eigenvalue weighted by atomic mass is 10.4. The first-order chi connectivity index (χ1) is 13.4. The smallest absolute Gasteiger partial charge is 0.00453 e. The Hall–Kier alpha value is -1.52. The van der Waals surface area contributed by atoms with Gasteiger partial charge in [-0.3, -0.25) is 0 Å². The van der Waals surface area contributed by atoms with Crippen molar-refractivity contribution in [2.75, 3.05) is 25.4 Å². The van der Waals surface area contributed by atoms with Gasteiger partial charge in [-0.2, -0.15) is 0 Å². The van der Waals surface area contributed by atoms with Gasteiger partial charge in [0.15, 0.2) is 0 Å². The van der Waals surface area contributed by atoms with E-state index < -0.39 is 0 Å². The molecule has 27 heavy (non-hydrogen) atoms. The van der Waals surface area contributed by atoms with Gasteiger partial charge in [0.2, 0.25) is 0 Å². The average molecular weight is 391 g/mol. The highest BCUT2D eigenvalue weighted by atomic mass is 31.1. The second-order valence-corrected chi connectivity index (χ2v) is 11.5. The molecule has 0 fully saturated rings. The number of rotatable bonds is 2. The summed E-state index contributed by atoms with van der Waals surface area (Å²) >= 11 is 0. The summed E-state index contributed by atoms with van der Waals surface area (Å²) in [7, 11) is -0.616. The fourth-order valence-corrected chi connectivity index (χ4v) is 9.29. The van der Waals surface area contributed by atoms with Gasteiger partial charge >= 0.3 is 0 Å². The maximum Gasteiger partial charge on any atom is -0.00453 e. The van der Waals surface area contributed by atoms with E-state index in [9.17, 15) is 0 Å². The molecule has 0 radical (unpaired) electrons. The molecule has 2 unspecified atom stereocenters. The van der Waals surface area contributed by atoms with E-state index in [1.807, 2.05) is 0 Å². The summed E-state index contributed by atoms with van der Waals surface area (Å²) < 4.78 is 0. The van der Waals surface area contributed by atoms with Crippen molar-refractivity contribution in [2.45, 2.75) is 12.8 Å². The molecule has 0 amide bonds. The zero-order valence-electron chi connectivity index (χ0n) is 15.7. The maximum absolute atomic E-state index is 3.67. The molecular formula is C24H27NP2. The Morgan fingerprint density at radius 2 is 0.926 bits per heavy atom. The summed E-state index contributed by atoms with van der Waals surface area (Å²) in [5.41, 5.74) is 0. The Bertz CT molecular complexity index is 765. The molecule has 4 rings (SSSR count). The summed E-state index contributed by atoms with van der Waals surface area (Å²) in [6.45, 7) is 2.27. The number of benzene rings is 3. The van der Waals surface area contributed by atoms with Gasteiger partial charge in [-0.25, -0.2) is 0 Å². The van der Waals surface area contributed by atoms with Crippen LogP contribution < -0.4 is 26.5 Å². The molecule has 0 saturated heterocycles. The first kappa shape index (κ1) is 18.8. The highest BCUT2D eigenvalue weighted by Crippen LogP contribution is 2.40. The van der Waals surface area contributed by atoms with Crippen LogP contribution in [0.2, 0.25) is 0 Å². The van der Waals surface area contributed by atoms with Crippen LogP contribution in [0, 0.1) is 0 Å². The standard InChI is InChI=1S/C24H27NP2/c1-3-11-21(12-4-1)26-19-9-17-25-18-10-20-27(22-13-5-2-6-14-22)24-16-8-7-15-23(24)26/h1-8,11-16,25H,9-10,17-20H2. The molecule has 138 valence electrons. The van der Waals surface area contributed by atoms with Gasteiger partial charge in [0.05, 0.1) is 0 Å². The van der Waals surface area contributed by atoms with E-state index in [1.54, 1.807) is 10.6 Å². The lowest BCUT2D eigenvalue weighted by molar-refractivity contribution is 0.666. The summed E-state index contributed by atoms with van der Waals surface area (Å²) in [6.07, 6.45) is 5.03. The molecule has 0 aliphatic carbocycles. The molecule has 0 saturated carbocycles. The van der Waals surface area contributed by atoms with E-state index in [1.165, 1.54) is 35.8 Å². The molecular weight excluding hydrogens is 364 g/mol. The molecule has 1 heterocycles. The predicted octanol–water partition coefficient (Wildman–Crippen LogP) is 3.94. The van der Waals surface area contributed by atoms with Gasteiger partial charge in [-0.15, -0.1) is 0 Å². The average Bonchev–Trinajstić information content (AvgIpc) is 2.78. The third-order valence-corrected chi connectivity index (χ3v) is 10.6. The topological polar surface area (TPSA) is 12.0 Å². The number of nitrogens with one attached hydrogen (secondary N) is 1. The Labute approximate surface area is 165 Å². The molecule has 0 bridgehead atoms. The largest absolute Gasteiger partial charge is 0.317 e. The third kappa shape index (κ3) is 4.67. The van der Waals surface area contributed by atoms with Crippen LogP contribution in [0.15, 0.2) is 84.9 Å². The molecule has 1 N–H and O–H groups in total. The Morgan fingerprint density at radius 3 is 1.37 bits per heavy atom. The van der Waals surface area contributed by atoms with Crippen molar-refractivity contribution in [3.05, 3.63) is 84.9 Å². The van der Waals surface area contributed by atoms with Gasteiger partial charge in [0, 0.05) is 0 Å². The van der Waals surface area contributed by atoms with Crippen molar-refractivity contribution in [3.63, 3.8) is 0 Å². The van der Waals surface area contributed by atoms with Crippen LogP contribution in [0.5, 0.6) is 0 Å². The molecule has 1 aliphatic rings. The molecule has 1 nitrogen and oxygen atoms in total. The minimum absolute atomic E-state index is 0.308. The highest BCUT2D eigenvalue weighted by molar-refractivity contribution is 7.79. The molecule has 1 aliphatic heterocycles. The van der Waals surface area contributed by atoms with Crippen LogP contribution in [-0.4, -0.2) is 25.4 Å². The fraction of sp³-hybridized carbons (Fsp3) is 0.250. The minimum atomic E-state index is -0.308. The third-order valence-electron chi connectivity index (χ3n) is 5.07. The van der Waals surface area contributed by atoms with Crippen molar-refractivity contribution in [1.82, 2.24) is 5.32 Å². The van der Waals surface area contributed by atoms with Crippen molar-refractivity contribution < 1.29 is 0 Å². The molecule has 3 heteroatoms. The van der Waals surface area contributed by atoms with Crippen molar-refractivity contribution in [2.24, 2.45) is 0 Å². The van der Waals surface area contributed by atoms with Crippen molar-refractivity contribution in [1.29, 1.82) is 0 Å². The second kappa shape index (κ2) is 9.61. The Morgan fingerprint density at radius 1 is 0.519 bits per heavy atom. The summed E-state index contributed by atoms with van der Waals surface area (Å²) in [5, 5.41) is 9.92. The van der Waals surface area contributed by atoms with Gasteiger partial charge in [-0.1, -0.05) is 84.9 Å². The van der Waals surface area contributed by atoms with Crippen molar-refractivity contribution in [3.8, 4) is 0 Å². The molecule has 3 aromatic rings. The van der Waals surface area contributed by atoms with Crippen LogP contribution in [0.25, 0.3) is 0 Å². The number of fused-ring (bicyclic) bond motifs is 1. The van der Waals surface area contributed by atoms with Crippen LogP contribution in [0.1, 0.15) is 12.8 Å².